The third-order valence-electron chi connectivity index (χ3n) is 2.96. The quantitative estimate of drug-likeness (QED) is 0.312. The molecule has 0 aliphatic carbocycles. The topological polar surface area (TPSA) is 38.0 Å². The molecule has 3 N–H and O–H groups in total. The second-order valence-electron chi connectivity index (χ2n) is 4.29. The maximum absolute atomic E-state index is 6.27. The first kappa shape index (κ1) is 15.7. The zero-order chi connectivity index (χ0) is 13.4. The van der Waals surface area contributed by atoms with E-state index < -0.39 is 0 Å². The second kappa shape index (κ2) is 8.70. The smallest absolute Gasteiger partial charge is 0.0596 e. The van der Waals surface area contributed by atoms with Gasteiger partial charge in [0, 0.05) is 10.5 Å². The fourth-order valence-corrected chi connectivity index (χ4v) is 2.57. The van der Waals surface area contributed by atoms with Gasteiger partial charge < -0.3 is 0 Å². The van der Waals surface area contributed by atoms with Gasteiger partial charge in [-0.2, -0.15) is 0 Å². The zero-order valence-corrected chi connectivity index (χ0v) is 12.8. The van der Waals surface area contributed by atoms with Crippen molar-refractivity contribution in [2.24, 2.45) is 5.84 Å². The van der Waals surface area contributed by atoms with Crippen LogP contribution in [0.5, 0.6) is 0 Å². The first-order valence-electron chi connectivity index (χ1n) is 6.21. The van der Waals surface area contributed by atoms with Gasteiger partial charge in [-0.3, -0.25) is 11.3 Å². The number of hydrogen-bond acceptors (Lipinski definition) is 2. The van der Waals surface area contributed by atoms with Crippen LogP contribution in [0.4, 0.5) is 0 Å². The van der Waals surface area contributed by atoms with Gasteiger partial charge in [0.2, 0.25) is 0 Å². The summed E-state index contributed by atoms with van der Waals surface area (Å²) in [5.74, 6) is 5.62. The van der Waals surface area contributed by atoms with Crippen LogP contribution < -0.4 is 11.3 Å². The lowest BCUT2D eigenvalue weighted by molar-refractivity contribution is 0.484. The minimum absolute atomic E-state index is 0.110. The Hall–Kier alpha value is -0.350. The van der Waals surface area contributed by atoms with Crippen LogP contribution in [0.3, 0.4) is 0 Å². The highest BCUT2D eigenvalue weighted by Crippen LogP contribution is 2.32. The Bertz CT molecular complexity index is 382. The molecule has 0 amide bonds. The van der Waals surface area contributed by atoms with Crippen molar-refractivity contribution in [3.8, 4) is 0 Å². The van der Waals surface area contributed by atoms with Crippen molar-refractivity contribution < 1.29 is 0 Å². The number of halogens is 2. The van der Waals surface area contributed by atoms with Gasteiger partial charge in [0.25, 0.3) is 0 Å². The molecule has 2 nitrogen and oxygen atoms in total. The monoisotopic (exact) mass is 330 g/mol. The molecule has 0 aromatic heterocycles. The van der Waals surface area contributed by atoms with Crippen LogP contribution in [0.25, 0.3) is 0 Å². The molecule has 18 heavy (non-hydrogen) atoms. The standard InChI is InChI=1S/C14H20BrClN2/c1-2-3-4-5-6-10-13(18-17)11-8-7-9-12(15)14(11)16/h2,7-9,13,18H,1,3-6,10,17H2. The molecule has 0 heterocycles. The molecule has 1 rings (SSSR count). The fourth-order valence-electron chi connectivity index (χ4n) is 1.93. The SMILES string of the molecule is C=CCCCCCC(NN)c1cccc(Br)c1Cl. The van der Waals surface area contributed by atoms with Gasteiger partial charge in [-0.25, -0.2) is 0 Å². The van der Waals surface area contributed by atoms with E-state index in [1.165, 1.54) is 12.8 Å². The lowest BCUT2D eigenvalue weighted by Gasteiger charge is -2.18. The Morgan fingerprint density at radius 2 is 2.17 bits per heavy atom. The molecule has 0 radical (unpaired) electrons. The summed E-state index contributed by atoms with van der Waals surface area (Å²) >= 11 is 9.71. The number of hydrazine groups is 1. The molecule has 0 saturated carbocycles. The summed E-state index contributed by atoms with van der Waals surface area (Å²) in [6.45, 7) is 3.72. The third kappa shape index (κ3) is 4.73. The van der Waals surface area contributed by atoms with E-state index in [-0.39, 0.29) is 6.04 Å². The van der Waals surface area contributed by atoms with Crippen LogP contribution in [-0.4, -0.2) is 0 Å². The Balaban J connectivity index is 2.55. The number of allylic oxidation sites excluding steroid dienone is 1. The molecule has 1 aromatic carbocycles. The van der Waals surface area contributed by atoms with E-state index in [0.29, 0.717) is 0 Å². The van der Waals surface area contributed by atoms with Gasteiger partial charge in [-0.1, -0.05) is 42.7 Å². The number of nitrogens with one attached hydrogen (secondary N) is 1. The molecule has 1 unspecified atom stereocenters. The Labute approximate surface area is 123 Å². The van der Waals surface area contributed by atoms with Gasteiger partial charge >= 0.3 is 0 Å². The largest absolute Gasteiger partial charge is 0.271 e. The van der Waals surface area contributed by atoms with Crippen molar-refractivity contribution in [2.75, 3.05) is 0 Å². The first-order chi connectivity index (χ1) is 8.70. The van der Waals surface area contributed by atoms with Crippen molar-refractivity contribution in [1.82, 2.24) is 5.43 Å². The molecule has 0 aliphatic heterocycles. The van der Waals surface area contributed by atoms with Crippen molar-refractivity contribution >= 4 is 27.5 Å². The fraction of sp³-hybridized carbons (Fsp3) is 0.429. The van der Waals surface area contributed by atoms with E-state index in [9.17, 15) is 0 Å². The molecule has 0 aliphatic rings. The van der Waals surface area contributed by atoms with Crippen molar-refractivity contribution in [3.63, 3.8) is 0 Å². The van der Waals surface area contributed by atoms with Gasteiger partial charge in [-0.15, -0.1) is 6.58 Å². The van der Waals surface area contributed by atoms with Crippen LogP contribution in [-0.2, 0) is 0 Å². The molecule has 0 fully saturated rings. The van der Waals surface area contributed by atoms with E-state index in [4.69, 9.17) is 17.4 Å². The third-order valence-corrected chi connectivity index (χ3v) is 4.27. The van der Waals surface area contributed by atoms with Crippen LogP contribution in [0.1, 0.15) is 43.7 Å². The van der Waals surface area contributed by atoms with E-state index in [2.05, 4.69) is 27.9 Å². The number of nitrogens with two attached hydrogens (primary N) is 1. The first-order valence-corrected chi connectivity index (χ1v) is 7.38. The lowest BCUT2D eigenvalue weighted by Crippen LogP contribution is -2.28. The molecule has 1 aromatic rings. The molecule has 4 heteroatoms. The molecular formula is C14H20BrClN2. The van der Waals surface area contributed by atoms with Crippen molar-refractivity contribution in [1.29, 1.82) is 0 Å². The maximum Gasteiger partial charge on any atom is 0.0596 e. The van der Waals surface area contributed by atoms with Crippen LogP contribution in [0.15, 0.2) is 35.3 Å². The highest BCUT2D eigenvalue weighted by molar-refractivity contribution is 9.10. The predicted molar refractivity (Wildman–Crippen MR) is 82.5 cm³/mol. The zero-order valence-electron chi connectivity index (χ0n) is 10.5. The summed E-state index contributed by atoms with van der Waals surface area (Å²) in [5, 5.41) is 0.742. The highest BCUT2D eigenvalue weighted by Gasteiger charge is 2.14. The molecule has 0 spiro atoms. The second-order valence-corrected chi connectivity index (χ2v) is 5.52. The molecule has 0 saturated heterocycles. The molecule has 100 valence electrons. The lowest BCUT2D eigenvalue weighted by atomic mass is 10.0. The van der Waals surface area contributed by atoms with Gasteiger partial charge in [0.05, 0.1) is 5.02 Å². The minimum atomic E-state index is 0.110. The Morgan fingerprint density at radius 3 is 2.83 bits per heavy atom. The van der Waals surface area contributed by atoms with E-state index in [0.717, 1.165) is 34.3 Å². The summed E-state index contributed by atoms with van der Waals surface area (Å²) in [6.07, 6.45) is 7.54. The molecule has 0 bridgehead atoms. The number of rotatable bonds is 8. The summed E-state index contributed by atoms with van der Waals surface area (Å²) < 4.78 is 0.911. The predicted octanol–water partition coefficient (Wildman–Crippen LogP) is 4.74. The van der Waals surface area contributed by atoms with Gasteiger partial charge in [-0.05, 0) is 46.8 Å². The van der Waals surface area contributed by atoms with E-state index in [1.807, 2.05) is 24.3 Å². The summed E-state index contributed by atoms with van der Waals surface area (Å²) in [4.78, 5) is 0. The average Bonchev–Trinajstić information content (AvgIpc) is 2.38. The van der Waals surface area contributed by atoms with Crippen LogP contribution >= 0.6 is 27.5 Å². The Morgan fingerprint density at radius 1 is 1.39 bits per heavy atom. The molecule has 1 atom stereocenters. The Kier molecular flexibility index (Phi) is 7.59. The normalized spacial score (nSPS) is 12.4. The average molecular weight is 332 g/mol. The maximum atomic E-state index is 6.27. The van der Waals surface area contributed by atoms with E-state index in [1.54, 1.807) is 0 Å². The van der Waals surface area contributed by atoms with Crippen LogP contribution in [0, 0.1) is 0 Å². The number of hydrogen-bond donors (Lipinski definition) is 2. The summed E-state index contributed by atoms with van der Waals surface area (Å²) in [7, 11) is 0. The molecular weight excluding hydrogens is 312 g/mol. The van der Waals surface area contributed by atoms with Gasteiger partial charge in [0.15, 0.2) is 0 Å². The highest BCUT2D eigenvalue weighted by atomic mass is 79.9. The van der Waals surface area contributed by atoms with E-state index >= 15 is 0 Å². The minimum Gasteiger partial charge on any atom is -0.271 e. The number of benzene rings is 1. The van der Waals surface area contributed by atoms with Crippen molar-refractivity contribution in [3.05, 3.63) is 45.9 Å². The number of unbranched alkanes of at least 4 members (excludes halogenated alkanes) is 3. The summed E-state index contributed by atoms with van der Waals surface area (Å²) in [6, 6.07) is 6.04. The van der Waals surface area contributed by atoms with Gasteiger partial charge in [0.1, 0.15) is 0 Å². The van der Waals surface area contributed by atoms with Crippen LogP contribution in [0.2, 0.25) is 5.02 Å². The summed E-state index contributed by atoms with van der Waals surface area (Å²) in [5.41, 5.74) is 3.90. The van der Waals surface area contributed by atoms with Crippen molar-refractivity contribution in [2.45, 2.75) is 38.1 Å².